The van der Waals surface area contributed by atoms with Gasteiger partial charge in [-0.15, -0.1) is 0 Å². The molecule has 17 heavy (non-hydrogen) atoms. The van der Waals surface area contributed by atoms with Crippen LogP contribution in [0.15, 0.2) is 12.1 Å². The van der Waals surface area contributed by atoms with E-state index in [1.807, 2.05) is 0 Å². The Morgan fingerprint density at radius 3 is 2.29 bits per heavy atom. The molecule has 1 aliphatic rings. The second-order valence-electron chi connectivity index (χ2n) is 5.42. The molecule has 0 aliphatic heterocycles. The van der Waals surface area contributed by atoms with Crippen LogP contribution in [-0.2, 0) is 6.42 Å². The van der Waals surface area contributed by atoms with Gasteiger partial charge in [0.05, 0.1) is 0 Å². The van der Waals surface area contributed by atoms with E-state index in [-0.39, 0.29) is 5.92 Å². The minimum atomic E-state index is 0.232. The molecule has 1 aliphatic carbocycles. The number of hydrogen-bond acceptors (Lipinski definition) is 3. The minimum Gasteiger partial charge on any atom is -0.508 e. The standard InChI is InChI=1S/C14H21NO2/c1-8-7-10-11(16)5-6-12(17)13(10)9(2)14(8)15(3)4/h5-6,8-9,14,16-17H,7H2,1-4H3. The number of hydrogen-bond donors (Lipinski definition) is 2. The number of nitrogens with zero attached hydrogens (tertiary/aromatic N) is 1. The first kappa shape index (κ1) is 12.2. The van der Waals surface area contributed by atoms with E-state index in [0.29, 0.717) is 23.5 Å². The van der Waals surface area contributed by atoms with Crippen LogP contribution in [0.3, 0.4) is 0 Å². The summed E-state index contributed by atoms with van der Waals surface area (Å²) in [4.78, 5) is 2.21. The van der Waals surface area contributed by atoms with Crippen LogP contribution in [0.25, 0.3) is 0 Å². The van der Waals surface area contributed by atoms with Crippen molar-refractivity contribution in [2.24, 2.45) is 5.92 Å². The molecule has 1 aromatic carbocycles. The lowest BCUT2D eigenvalue weighted by Gasteiger charge is -2.40. The Bertz CT molecular complexity index is 428. The van der Waals surface area contributed by atoms with E-state index >= 15 is 0 Å². The van der Waals surface area contributed by atoms with Gasteiger partial charge in [0.25, 0.3) is 0 Å². The predicted octanol–water partition coefficient (Wildman–Crippen LogP) is 2.32. The molecular formula is C14H21NO2. The molecule has 0 saturated heterocycles. The third kappa shape index (κ3) is 1.89. The molecule has 3 unspecified atom stereocenters. The van der Waals surface area contributed by atoms with Gasteiger partial charge in [-0.3, -0.25) is 0 Å². The van der Waals surface area contributed by atoms with E-state index in [0.717, 1.165) is 17.5 Å². The van der Waals surface area contributed by atoms with E-state index in [9.17, 15) is 10.2 Å². The first-order valence-corrected chi connectivity index (χ1v) is 6.13. The van der Waals surface area contributed by atoms with Crippen LogP contribution in [0.2, 0.25) is 0 Å². The zero-order valence-corrected chi connectivity index (χ0v) is 10.9. The van der Waals surface area contributed by atoms with Gasteiger partial charge < -0.3 is 15.1 Å². The maximum Gasteiger partial charge on any atom is 0.119 e. The van der Waals surface area contributed by atoms with Gasteiger partial charge in [0, 0.05) is 23.1 Å². The number of rotatable bonds is 1. The fourth-order valence-electron chi connectivity index (χ4n) is 3.43. The van der Waals surface area contributed by atoms with Crippen molar-refractivity contribution >= 4 is 0 Å². The lowest BCUT2D eigenvalue weighted by atomic mass is 9.73. The first-order valence-electron chi connectivity index (χ1n) is 6.13. The zero-order valence-electron chi connectivity index (χ0n) is 10.9. The van der Waals surface area contributed by atoms with E-state index < -0.39 is 0 Å². The molecule has 0 radical (unpaired) electrons. The molecule has 3 heteroatoms. The first-order chi connectivity index (χ1) is 7.93. The van der Waals surface area contributed by atoms with Gasteiger partial charge in [-0.2, -0.15) is 0 Å². The van der Waals surface area contributed by atoms with Crippen molar-refractivity contribution in [3.05, 3.63) is 23.3 Å². The Labute approximate surface area is 103 Å². The lowest BCUT2D eigenvalue weighted by molar-refractivity contribution is 0.176. The van der Waals surface area contributed by atoms with Crippen LogP contribution in [0, 0.1) is 5.92 Å². The van der Waals surface area contributed by atoms with Gasteiger partial charge in [-0.25, -0.2) is 0 Å². The largest absolute Gasteiger partial charge is 0.508 e. The molecule has 0 bridgehead atoms. The summed E-state index contributed by atoms with van der Waals surface area (Å²) in [6.07, 6.45) is 0.822. The summed E-state index contributed by atoms with van der Waals surface area (Å²) in [6.45, 7) is 4.33. The second kappa shape index (κ2) is 4.22. The quantitative estimate of drug-likeness (QED) is 0.734. The van der Waals surface area contributed by atoms with Crippen molar-refractivity contribution in [3.8, 4) is 11.5 Å². The third-order valence-electron chi connectivity index (χ3n) is 3.98. The summed E-state index contributed by atoms with van der Waals surface area (Å²) in [7, 11) is 4.14. The fraction of sp³-hybridized carbons (Fsp3) is 0.571. The molecule has 2 rings (SSSR count). The van der Waals surface area contributed by atoms with Crippen LogP contribution >= 0.6 is 0 Å². The smallest absolute Gasteiger partial charge is 0.119 e. The summed E-state index contributed by atoms with van der Waals surface area (Å²) < 4.78 is 0. The Kier molecular flexibility index (Phi) is 3.04. The molecule has 3 nitrogen and oxygen atoms in total. The van der Waals surface area contributed by atoms with Crippen LogP contribution < -0.4 is 0 Å². The van der Waals surface area contributed by atoms with Gasteiger partial charge in [-0.1, -0.05) is 13.8 Å². The van der Waals surface area contributed by atoms with E-state index in [1.54, 1.807) is 12.1 Å². The Balaban J connectivity index is 2.54. The van der Waals surface area contributed by atoms with Crippen molar-refractivity contribution in [2.45, 2.75) is 32.2 Å². The molecule has 0 amide bonds. The van der Waals surface area contributed by atoms with E-state index in [2.05, 4.69) is 32.8 Å². The maximum absolute atomic E-state index is 10.0. The lowest BCUT2D eigenvalue weighted by Crippen LogP contribution is -2.42. The van der Waals surface area contributed by atoms with Crippen molar-refractivity contribution in [1.29, 1.82) is 0 Å². The highest BCUT2D eigenvalue weighted by Crippen LogP contribution is 2.44. The molecule has 94 valence electrons. The summed E-state index contributed by atoms with van der Waals surface area (Å²) in [5.74, 6) is 1.33. The number of aromatic hydroxyl groups is 2. The highest BCUT2D eigenvalue weighted by molar-refractivity contribution is 5.51. The number of phenolic OH excluding ortho intramolecular Hbond substituents is 2. The summed E-state index contributed by atoms with van der Waals surface area (Å²) >= 11 is 0. The second-order valence-corrected chi connectivity index (χ2v) is 5.42. The Morgan fingerprint density at radius 1 is 1.12 bits per heavy atom. The summed E-state index contributed by atoms with van der Waals surface area (Å²) in [6, 6.07) is 3.58. The monoisotopic (exact) mass is 235 g/mol. The number of likely N-dealkylation sites (N-methyl/N-ethyl adjacent to an activating group) is 1. The molecule has 0 saturated carbocycles. The molecule has 0 heterocycles. The predicted molar refractivity (Wildman–Crippen MR) is 68.5 cm³/mol. The van der Waals surface area contributed by atoms with Crippen molar-refractivity contribution in [2.75, 3.05) is 14.1 Å². The molecule has 2 N–H and O–H groups in total. The van der Waals surface area contributed by atoms with Crippen LogP contribution in [0.1, 0.15) is 30.9 Å². The average Bonchev–Trinajstić information content (AvgIpc) is 2.22. The summed E-state index contributed by atoms with van der Waals surface area (Å²) in [5.41, 5.74) is 1.84. The van der Waals surface area contributed by atoms with Gasteiger partial charge in [-0.05, 0) is 38.6 Å². The number of fused-ring (bicyclic) bond motifs is 1. The van der Waals surface area contributed by atoms with Crippen molar-refractivity contribution in [3.63, 3.8) is 0 Å². The zero-order chi connectivity index (χ0) is 12.7. The Hall–Kier alpha value is -1.22. The SMILES string of the molecule is CC1Cc2c(O)ccc(O)c2C(C)C1N(C)C. The number of phenols is 2. The van der Waals surface area contributed by atoms with Gasteiger partial charge in [0.1, 0.15) is 11.5 Å². The topological polar surface area (TPSA) is 43.7 Å². The summed E-state index contributed by atoms with van der Waals surface area (Å²) in [5, 5.41) is 19.9. The van der Waals surface area contributed by atoms with Gasteiger partial charge >= 0.3 is 0 Å². The van der Waals surface area contributed by atoms with Crippen LogP contribution in [-0.4, -0.2) is 35.3 Å². The highest BCUT2D eigenvalue weighted by atomic mass is 16.3. The molecule has 0 spiro atoms. The van der Waals surface area contributed by atoms with E-state index in [1.165, 1.54) is 0 Å². The third-order valence-corrected chi connectivity index (χ3v) is 3.98. The molecule has 1 aromatic rings. The highest BCUT2D eigenvalue weighted by Gasteiger charge is 2.36. The van der Waals surface area contributed by atoms with Crippen LogP contribution in [0.4, 0.5) is 0 Å². The molecular weight excluding hydrogens is 214 g/mol. The minimum absolute atomic E-state index is 0.232. The normalized spacial score (nSPS) is 28.2. The van der Waals surface area contributed by atoms with Crippen molar-refractivity contribution in [1.82, 2.24) is 4.90 Å². The Morgan fingerprint density at radius 2 is 1.71 bits per heavy atom. The molecule has 3 atom stereocenters. The number of benzene rings is 1. The van der Waals surface area contributed by atoms with Gasteiger partial charge in [0.2, 0.25) is 0 Å². The molecule has 0 aromatic heterocycles. The van der Waals surface area contributed by atoms with Gasteiger partial charge in [0.15, 0.2) is 0 Å². The van der Waals surface area contributed by atoms with Crippen molar-refractivity contribution < 1.29 is 10.2 Å². The fourth-order valence-corrected chi connectivity index (χ4v) is 3.43. The maximum atomic E-state index is 10.0. The van der Waals surface area contributed by atoms with Crippen LogP contribution in [0.5, 0.6) is 11.5 Å². The molecule has 0 fully saturated rings. The van der Waals surface area contributed by atoms with E-state index in [4.69, 9.17) is 0 Å². The average molecular weight is 235 g/mol.